The standard InChI is InChI=1S/C18H17ClN4O3/c1-10-9-20-16-14(17(25)23(3)18(26)22(16)2)15(10)21-13(24)8-11-4-6-12(19)7-5-11/h4-7,9H,8H2,1-3H3,(H,20,21,24). The third-order valence-corrected chi connectivity index (χ3v) is 4.45. The van der Waals surface area contributed by atoms with E-state index in [0.717, 1.165) is 10.1 Å². The molecule has 7 nitrogen and oxygen atoms in total. The number of rotatable bonds is 3. The predicted molar refractivity (Wildman–Crippen MR) is 101 cm³/mol. The normalized spacial score (nSPS) is 10.9. The third-order valence-electron chi connectivity index (χ3n) is 4.20. The summed E-state index contributed by atoms with van der Waals surface area (Å²) in [5.74, 6) is -0.279. The fourth-order valence-electron chi connectivity index (χ4n) is 2.76. The Morgan fingerprint density at radius 2 is 1.81 bits per heavy atom. The van der Waals surface area contributed by atoms with Crippen LogP contribution >= 0.6 is 11.6 Å². The zero-order valence-corrected chi connectivity index (χ0v) is 15.3. The highest BCUT2D eigenvalue weighted by Gasteiger charge is 2.17. The van der Waals surface area contributed by atoms with Crippen LogP contribution in [0.1, 0.15) is 11.1 Å². The van der Waals surface area contributed by atoms with Crippen molar-refractivity contribution in [2.45, 2.75) is 13.3 Å². The molecule has 0 bridgehead atoms. The fourth-order valence-corrected chi connectivity index (χ4v) is 2.88. The number of carbonyl (C=O) groups excluding carboxylic acids is 1. The number of hydrogen-bond acceptors (Lipinski definition) is 4. The fraction of sp³-hybridized carbons (Fsp3) is 0.222. The topological polar surface area (TPSA) is 86.0 Å². The summed E-state index contributed by atoms with van der Waals surface area (Å²) in [5, 5.41) is 3.59. The van der Waals surface area contributed by atoms with Crippen molar-refractivity contribution in [3.8, 4) is 0 Å². The highest BCUT2D eigenvalue weighted by atomic mass is 35.5. The highest BCUT2D eigenvalue weighted by molar-refractivity contribution is 6.30. The molecule has 1 amide bonds. The lowest BCUT2D eigenvalue weighted by Gasteiger charge is -2.13. The minimum atomic E-state index is -0.499. The number of aryl methyl sites for hydroxylation is 2. The molecule has 2 heterocycles. The highest BCUT2D eigenvalue weighted by Crippen LogP contribution is 2.22. The molecule has 0 fully saturated rings. The Balaban J connectivity index is 2.06. The van der Waals surface area contributed by atoms with Crippen molar-refractivity contribution >= 4 is 34.2 Å². The van der Waals surface area contributed by atoms with Crippen molar-refractivity contribution in [3.05, 3.63) is 67.4 Å². The van der Waals surface area contributed by atoms with Crippen LogP contribution < -0.4 is 16.6 Å². The van der Waals surface area contributed by atoms with Gasteiger partial charge in [-0.15, -0.1) is 0 Å². The van der Waals surface area contributed by atoms with E-state index in [1.165, 1.54) is 24.9 Å². The van der Waals surface area contributed by atoms with Gasteiger partial charge in [-0.1, -0.05) is 23.7 Å². The summed E-state index contributed by atoms with van der Waals surface area (Å²) in [5.41, 5.74) is 1.05. The number of anilines is 1. The summed E-state index contributed by atoms with van der Waals surface area (Å²) >= 11 is 5.85. The molecule has 8 heteroatoms. The molecule has 0 aliphatic heterocycles. The van der Waals surface area contributed by atoms with Crippen molar-refractivity contribution in [2.75, 3.05) is 5.32 Å². The number of carbonyl (C=O) groups is 1. The van der Waals surface area contributed by atoms with Crippen LogP contribution in [0.3, 0.4) is 0 Å². The zero-order chi connectivity index (χ0) is 19.0. The quantitative estimate of drug-likeness (QED) is 0.759. The molecular formula is C18H17ClN4O3. The maximum atomic E-state index is 12.6. The molecule has 0 unspecified atom stereocenters. The van der Waals surface area contributed by atoms with Gasteiger partial charge in [-0.3, -0.25) is 18.7 Å². The summed E-state index contributed by atoms with van der Waals surface area (Å²) < 4.78 is 2.28. The molecule has 1 aromatic carbocycles. The van der Waals surface area contributed by atoms with Crippen molar-refractivity contribution in [1.29, 1.82) is 0 Å². The molecule has 0 saturated heterocycles. The van der Waals surface area contributed by atoms with E-state index in [9.17, 15) is 14.4 Å². The summed E-state index contributed by atoms with van der Waals surface area (Å²) in [7, 11) is 2.93. The van der Waals surface area contributed by atoms with E-state index in [1.807, 2.05) is 0 Å². The van der Waals surface area contributed by atoms with Crippen molar-refractivity contribution < 1.29 is 4.79 Å². The van der Waals surface area contributed by atoms with Crippen LogP contribution in [0.2, 0.25) is 5.02 Å². The second-order valence-corrected chi connectivity index (χ2v) is 6.51. The SMILES string of the molecule is Cc1cnc2c(c1NC(=O)Cc1ccc(Cl)cc1)c(=O)n(C)c(=O)n2C. The zero-order valence-electron chi connectivity index (χ0n) is 14.5. The summed E-state index contributed by atoms with van der Waals surface area (Å²) in [6, 6.07) is 6.95. The lowest BCUT2D eigenvalue weighted by atomic mass is 10.1. The van der Waals surface area contributed by atoms with Gasteiger partial charge in [0.05, 0.1) is 12.1 Å². The Bertz CT molecular complexity index is 1130. The minimum Gasteiger partial charge on any atom is -0.325 e. The van der Waals surface area contributed by atoms with E-state index in [-0.39, 0.29) is 23.4 Å². The Kier molecular flexibility index (Phi) is 4.65. The number of nitrogens with one attached hydrogen (secondary N) is 1. The first-order valence-electron chi connectivity index (χ1n) is 7.89. The third kappa shape index (κ3) is 3.13. The van der Waals surface area contributed by atoms with Crippen LogP contribution in [-0.4, -0.2) is 20.0 Å². The van der Waals surface area contributed by atoms with Gasteiger partial charge in [-0.25, -0.2) is 9.78 Å². The average Bonchev–Trinajstić information content (AvgIpc) is 2.61. The summed E-state index contributed by atoms with van der Waals surface area (Å²) in [6.07, 6.45) is 1.66. The number of amides is 1. The van der Waals surface area contributed by atoms with E-state index in [1.54, 1.807) is 31.2 Å². The molecule has 0 saturated carbocycles. The lowest BCUT2D eigenvalue weighted by Crippen LogP contribution is -2.38. The van der Waals surface area contributed by atoms with Gasteiger partial charge >= 0.3 is 5.69 Å². The van der Waals surface area contributed by atoms with Gasteiger partial charge in [0.1, 0.15) is 5.39 Å². The van der Waals surface area contributed by atoms with Crippen molar-refractivity contribution in [3.63, 3.8) is 0 Å². The van der Waals surface area contributed by atoms with Crippen molar-refractivity contribution in [1.82, 2.24) is 14.1 Å². The number of pyridine rings is 1. The number of nitrogens with zero attached hydrogens (tertiary/aromatic N) is 3. The Labute approximate surface area is 153 Å². The Hall–Kier alpha value is -2.93. The lowest BCUT2D eigenvalue weighted by molar-refractivity contribution is -0.115. The first-order chi connectivity index (χ1) is 12.3. The Morgan fingerprint density at radius 3 is 2.46 bits per heavy atom. The van der Waals surface area contributed by atoms with Gasteiger partial charge in [-0.2, -0.15) is 0 Å². The summed E-state index contributed by atoms with van der Waals surface area (Å²) in [4.78, 5) is 41.3. The van der Waals surface area contributed by atoms with Crippen LogP contribution in [0.5, 0.6) is 0 Å². The van der Waals surface area contributed by atoms with Gasteiger partial charge in [0.25, 0.3) is 5.56 Å². The molecule has 0 spiro atoms. The van der Waals surface area contributed by atoms with E-state index in [2.05, 4.69) is 10.3 Å². The number of hydrogen-bond donors (Lipinski definition) is 1. The van der Waals surface area contributed by atoms with Gasteiger partial charge in [0, 0.05) is 25.3 Å². The molecule has 0 radical (unpaired) electrons. The van der Waals surface area contributed by atoms with Crippen molar-refractivity contribution in [2.24, 2.45) is 14.1 Å². The van der Waals surface area contributed by atoms with Gasteiger partial charge in [-0.05, 0) is 30.2 Å². The molecule has 1 N–H and O–H groups in total. The molecule has 3 aromatic rings. The number of aromatic nitrogens is 3. The largest absolute Gasteiger partial charge is 0.332 e. The first kappa shape index (κ1) is 17.9. The van der Waals surface area contributed by atoms with Crippen LogP contribution in [0.4, 0.5) is 5.69 Å². The monoisotopic (exact) mass is 372 g/mol. The number of fused-ring (bicyclic) bond motifs is 1. The molecule has 2 aromatic heterocycles. The van der Waals surface area contributed by atoms with Crippen LogP contribution in [0.15, 0.2) is 40.1 Å². The predicted octanol–water partition coefficient (Wildman–Crippen LogP) is 1.78. The van der Waals surface area contributed by atoms with Gasteiger partial charge < -0.3 is 5.32 Å². The molecule has 3 rings (SSSR count). The van der Waals surface area contributed by atoms with E-state index < -0.39 is 11.2 Å². The number of benzene rings is 1. The van der Waals surface area contributed by atoms with Gasteiger partial charge in [0.2, 0.25) is 5.91 Å². The second-order valence-electron chi connectivity index (χ2n) is 6.07. The minimum absolute atomic E-state index is 0.131. The molecule has 26 heavy (non-hydrogen) atoms. The second kappa shape index (κ2) is 6.76. The first-order valence-corrected chi connectivity index (χ1v) is 8.27. The van der Waals surface area contributed by atoms with Crippen LogP contribution in [0, 0.1) is 6.92 Å². The van der Waals surface area contributed by atoms with E-state index in [4.69, 9.17) is 11.6 Å². The Morgan fingerprint density at radius 1 is 1.15 bits per heavy atom. The molecule has 0 aliphatic rings. The molecule has 0 atom stereocenters. The summed E-state index contributed by atoms with van der Waals surface area (Å²) in [6.45, 7) is 1.74. The van der Waals surface area contributed by atoms with Crippen LogP contribution in [-0.2, 0) is 25.3 Å². The van der Waals surface area contributed by atoms with E-state index >= 15 is 0 Å². The molecule has 0 aliphatic carbocycles. The smallest absolute Gasteiger partial charge is 0.325 e. The maximum absolute atomic E-state index is 12.6. The van der Waals surface area contributed by atoms with Gasteiger partial charge in [0.15, 0.2) is 5.65 Å². The number of halogens is 1. The maximum Gasteiger partial charge on any atom is 0.332 e. The average molecular weight is 373 g/mol. The molecular weight excluding hydrogens is 356 g/mol. The van der Waals surface area contributed by atoms with Crippen LogP contribution in [0.25, 0.3) is 11.0 Å². The molecule has 134 valence electrons. The van der Waals surface area contributed by atoms with E-state index in [0.29, 0.717) is 16.3 Å².